The van der Waals surface area contributed by atoms with Gasteiger partial charge >= 0.3 is 5.97 Å². The van der Waals surface area contributed by atoms with Crippen LogP contribution in [0.15, 0.2) is 57.6 Å². The Labute approximate surface area is 267 Å². The van der Waals surface area contributed by atoms with E-state index in [1.807, 2.05) is 33.0 Å². The van der Waals surface area contributed by atoms with Crippen molar-refractivity contribution in [3.05, 3.63) is 108 Å². The van der Waals surface area contributed by atoms with Crippen LogP contribution in [0.5, 0.6) is 5.75 Å². The maximum Gasteiger partial charge on any atom is 0.338 e. The minimum atomic E-state index is -1.03. The van der Waals surface area contributed by atoms with Gasteiger partial charge in [0.2, 0.25) is 5.56 Å². The van der Waals surface area contributed by atoms with E-state index >= 15 is 0 Å². The maximum absolute atomic E-state index is 13.8. The molecule has 1 aliphatic rings. The molecule has 2 N–H and O–H groups in total. The predicted octanol–water partition coefficient (Wildman–Crippen LogP) is 5.25. The summed E-state index contributed by atoms with van der Waals surface area (Å²) in [6.45, 7) is 4.84. The second kappa shape index (κ2) is 12.6. The number of hydrogen-bond acceptors (Lipinski definition) is 8. The van der Waals surface area contributed by atoms with Crippen molar-refractivity contribution in [3.8, 4) is 16.9 Å². The minimum absolute atomic E-state index is 0.0502. The summed E-state index contributed by atoms with van der Waals surface area (Å²) in [5.74, 6) is 0.182. The summed E-state index contributed by atoms with van der Waals surface area (Å²) in [6, 6.07) is 10.7. The van der Waals surface area contributed by atoms with Gasteiger partial charge in [-0.15, -0.1) is 11.3 Å². The van der Waals surface area contributed by atoms with Crippen molar-refractivity contribution in [2.75, 3.05) is 13.7 Å². The van der Waals surface area contributed by atoms with Crippen LogP contribution in [0.4, 0.5) is 0 Å². The van der Waals surface area contributed by atoms with E-state index < -0.39 is 5.97 Å². The highest BCUT2D eigenvalue weighted by molar-refractivity contribution is 7.18. The lowest BCUT2D eigenvalue weighted by molar-refractivity contribution is 0.0699. The summed E-state index contributed by atoms with van der Waals surface area (Å²) in [4.78, 5) is 51.2. The number of aromatic carboxylic acids is 1. The number of benzene rings is 1. The molecule has 232 valence electrons. The van der Waals surface area contributed by atoms with E-state index in [-0.39, 0.29) is 29.3 Å². The van der Waals surface area contributed by atoms with Crippen LogP contribution >= 0.6 is 22.9 Å². The van der Waals surface area contributed by atoms with Crippen molar-refractivity contribution in [1.29, 1.82) is 0 Å². The first-order valence-electron chi connectivity index (χ1n) is 14.6. The molecule has 0 spiro atoms. The number of halogens is 1. The Morgan fingerprint density at radius 3 is 2.76 bits per heavy atom. The first kappa shape index (κ1) is 30.7. The number of carboxylic acid groups (broad SMARTS) is 1. The number of nitrogens with zero attached hydrogens (tertiary/aromatic N) is 4. The van der Waals surface area contributed by atoms with Gasteiger partial charge in [0.15, 0.2) is 0 Å². The molecule has 1 aromatic carbocycles. The van der Waals surface area contributed by atoms with E-state index in [1.54, 1.807) is 34.3 Å². The monoisotopic (exact) mass is 645 g/mol. The zero-order valence-electron chi connectivity index (χ0n) is 25.1. The summed E-state index contributed by atoms with van der Waals surface area (Å²) in [7, 11) is 2.04. The third-order valence-electron chi connectivity index (χ3n) is 8.28. The Morgan fingerprint density at radius 2 is 2.00 bits per heavy atom. The highest BCUT2D eigenvalue weighted by atomic mass is 35.5. The Hall–Kier alpha value is -4.32. The van der Waals surface area contributed by atoms with E-state index in [0.29, 0.717) is 47.3 Å². The number of rotatable bonds is 9. The third kappa shape index (κ3) is 6.28. The molecule has 1 aliphatic carbocycles. The lowest BCUT2D eigenvalue weighted by atomic mass is 9.91. The normalized spacial score (nSPS) is 14.6. The molecule has 6 rings (SSSR count). The fourth-order valence-corrected chi connectivity index (χ4v) is 7.16. The van der Waals surface area contributed by atoms with E-state index in [2.05, 4.69) is 14.9 Å². The van der Waals surface area contributed by atoms with Gasteiger partial charge < -0.3 is 14.8 Å². The van der Waals surface area contributed by atoms with Crippen LogP contribution in [0, 0.1) is 13.8 Å². The van der Waals surface area contributed by atoms with Crippen molar-refractivity contribution in [2.24, 2.45) is 0 Å². The molecule has 12 heteroatoms. The van der Waals surface area contributed by atoms with Crippen molar-refractivity contribution < 1.29 is 14.6 Å². The molecule has 0 fully saturated rings. The minimum Gasteiger partial charge on any atom is -0.491 e. The molecule has 0 aliphatic heterocycles. The van der Waals surface area contributed by atoms with Gasteiger partial charge in [-0.3, -0.25) is 24.0 Å². The Kier molecular flexibility index (Phi) is 8.59. The van der Waals surface area contributed by atoms with E-state index in [0.717, 1.165) is 45.5 Å². The number of nitrogens with one attached hydrogen (secondary N) is 1. The lowest BCUT2D eigenvalue weighted by Crippen LogP contribution is -2.41. The molecule has 10 nitrogen and oxygen atoms in total. The molecule has 0 unspecified atom stereocenters. The van der Waals surface area contributed by atoms with Gasteiger partial charge in [-0.2, -0.15) is 0 Å². The second-order valence-electron chi connectivity index (χ2n) is 11.3. The molecule has 0 saturated carbocycles. The number of pyridine rings is 2. The number of carbonyl (C=O) groups is 1. The van der Waals surface area contributed by atoms with Crippen molar-refractivity contribution in [1.82, 2.24) is 24.4 Å². The van der Waals surface area contributed by atoms with Gasteiger partial charge in [0.25, 0.3) is 5.56 Å². The molecular formula is C33H32ClN5O5S. The number of hydrogen-bond donors (Lipinski definition) is 2. The first-order valence-corrected chi connectivity index (χ1v) is 15.9. The number of thiophene rings is 1. The summed E-state index contributed by atoms with van der Waals surface area (Å²) in [5.41, 5.74) is 5.18. The summed E-state index contributed by atoms with van der Waals surface area (Å²) in [6.07, 6.45) is 3.95. The lowest BCUT2D eigenvalue weighted by Gasteiger charge is -2.32. The zero-order valence-corrected chi connectivity index (χ0v) is 26.7. The third-order valence-corrected chi connectivity index (χ3v) is 9.52. The number of aromatic amines is 1. The zero-order chi connectivity index (χ0) is 31.8. The fourth-order valence-electron chi connectivity index (χ4n) is 5.98. The summed E-state index contributed by atoms with van der Waals surface area (Å²) >= 11 is 7.72. The van der Waals surface area contributed by atoms with Crippen LogP contribution < -0.4 is 15.9 Å². The quantitative estimate of drug-likeness (QED) is 0.222. The largest absolute Gasteiger partial charge is 0.491 e. The maximum atomic E-state index is 13.8. The van der Waals surface area contributed by atoms with Gasteiger partial charge in [-0.1, -0.05) is 17.7 Å². The number of aryl methyl sites for hydroxylation is 3. The van der Waals surface area contributed by atoms with Crippen LogP contribution in [-0.4, -0.2) is 55.2 Å². The van der Waals surface area contributed by atoms with E-state index in [9.17, 15) is 19.5 Å². The average molecular weight is 646 g/mol. The van der Waals surface area contributed by atoms with Crippen LogP contribution in [0.3, 0.4) is 0 Å². The van der Waals surface area contributed by atoms with Crippen LogP contribution in [-0.2, 0) is 25.9 Å². The molecule has 0 radical (unpaired) electrons. The van der Waals surface area contributed by atoms with Gasteiger partial charge in [-0.05, 0) is 70.0 Å². The number of H-pyrrole nitrogens is 1. The van der Waals surface area contributed by atoms with Crippen molar-refractivity contribution in [3.63, 3.8) is 0 Å². The molecule has 4 heterocycles. The number of carboxylic acids is 1. The van der Waals surface area contributed by atoms with Crippen molar-refractivity contribution >= 4 is 39.1 Å². The first-order chi connectivity index (χ1) is 21.6. The highest BCUT2D eigenvalue weighted by Crippen LogP contribution is 2.40. The summed E-state index contributed by atoms with van der Waals surface area (Å²) in [5, 5.41) is 11.8. The van der Waals surface area contributed by atoms with E-state index in [1.165, 1.54) is 17.4 Å². The van der Waals surface area contributed by atoms with Crippen molar-refractivity contribution in [2.45, 2.75) is 52.2 Å². The molecule has 4 aromatic heterocycles. The molecule has 1 atom stereocenters. The molecule has 5 aromatic rings. The number of aromatic nitrogens is 4. The summed E-state index contributed by atoms with van der Waals surface area (Å²) < 4.78 is 8.68. The van der Waals surface area contributed by atoms with E-state index in [4.69, 9.17) is 21.3 Å². The van der Waals surface area contributed by atoms with Gasteiger partial charge in [-0.25, -0.2) is 9.78 Å². The molecular weight excluding hydrogens is 614 g/mol. The fraction of sp³-hybridized carbons (Fsp3) is 0.303. The number of likely N-dealkylation sites (N-methyl/N-ethyl adjacent to an activating group) is 1. The van der Waals surface area contributed by atoms with Crippen LogP contribution in [0.25, 0.3) is 21.3 Å². The molecule has 45 heavy (non-hydrogen) atoms. The molecule has 0 saturated heterocycles. The topological polar surface area (TPSA) is 130 Å². The van der Waals surface area contributed by atoms with Gasteiger partial charge in [0, 0.05) is 57.6 Å². The van der Waals surface area contributed by atoms with Gasteiger partial charge in [0.05, 0.1) is 28.0 Å². The highest BCUT2D eigenvalue weighted by Gasteiger charge is 2.27. The van der Waals surface area contributed by atoms with Gasteiger partial charge in [0.1, 0.15) is 18.2 Å². The van der Waals surface area contributed by atoms with Crippen LogP contribution in [0.2, 0.25) is 5.02 Å². The SMILES string of the molecule is Cc1cc(-c2cc(Cl)ccc2OCCn2c(C)nc3c(c2=O)C[C@@H](N(C)Cc2ccc(=O)[nH]c2)CC3)c2scc(C(=O)O)c2n1. The Balaban J connectivity index is 1.22. The smallest absolute Gasteiger partial charge is 0.338 e. The predicted molar refractivity (Wildman–Crippen MR) is 175 cm³/mol. The Morgan fingerprint density at radius 1 is 1.18 bits per heavy atom. The number of fused-ring (bicyclic) bond motifs is 2. The number of ether oxygens (including phenoxy) is 1. The Bertz CT molecular complexity index is 2030. The van der Waals surface area contributed by atoms with Crippen LogP contribution in [0.1, 0.15) is 45.1 Å². The molecule has 0 amide bonds. The second-order valence-corrected chi connectivity index (χ2v) is 12.7. The molecule has 0 bridgehead atoms. The standard InChI is InChI=1S/C33H32ClN5O5S/c1-18-12-24(31-30(36-18)26(17-45-31)33(42)43)23-13-21(34)5-8-28(23)44-11-10-39-19(2)37-27-7-6-22(14-25(27)32(39)41)38(3)16-20-4-9-29(40)35-15-20/h4-5,8-9,12-13,15,17,22H,6-7,10-11,14,16H2,1-3H3,(H,35,40)(H,42,43)/t22-/m0/s1. The average Bonchev–Trinajstić information content (AvgIpc) is 3.44.